The predicted octanol–water partition coefficient (Wildman–Crippen LogP) is 6.92. The standard InChI is InChI=1S/C31H31N3PS/c1-23(34-30(36-31(2,3)4)29(32-33-34)24-15-8-5-9-16-24)27-21-14-22-28(27)35(25-17-10-6-11-18-25)26-19-12-7-13-20-26/h5-23H,1-4H3/q-1/t23-/m1/s1. The zero-order valence-corrected chi connectivity index (χ0v) is 22.9. The van der Waals surface area contributed by atoms with Crippen LogP contribution < -0.4 is 15.9 Å². The van der Waals surface area contributed by atoms with E-state index in [2.05, 4.69) is 141 Å². The van der Waals surface area contributed by atoms with Gasteiger partial charge in [0.15, 0.2) is 0 Å². The van der Waals surface area contributed by atoms with E-state index in [1.165, 1.54) is 21.5 Å². The highest BCUT2D eigenvalue weighted by molar-refractivity contribution is 8.00. The van der Waals surface area contributed by atoms with Crippen LogP contribution in [0.3, 0.4) is 0 Å². The third-order valence-corrected chi connectivity index (χ3v) is 9.72. The number of nitrogens with zero attached hydrogens (tertiary/aromatic N) is 3. The highest BCUT2D eigenvalue weighted by atomic mass is 32.2. The van der Waals surface area contributed by atoms with Crippen molar-refractivity contribution < 1.29 is 0 Å². The highest BCUT2D eigenvalue weighted by Gasteiger charge is 2.25. The highest BCUT2D eigenvalue weighted by Crippen LogP contribution is 2.41. The van der Waals surface area contributed by atoms with Gasteiger partial charge in [-0.2, -0.15) is 6.07 Å². The number of thioether (sulfide) groups is 1. The third kappa shape index (κ3) is 5.21. The second-order valence-electron chi connectivity index (χ2n) is 9.82. The van der Waals surface area contributed by atoms with Crippen molar-refractivity contribution in [1.82, 2.24) is 15.0 Å². The van der Waals surface area contributed by atoms with E-state index >= 15 is 0 Å². The van der Waals surface area contributed by atoms with Crippen molar-refractivity contribution in [2.45, 2.75) is 43.5 Å². The molecule has 5 aromatic rings. The zero-order valence-electron chi connectivity index (χ0n) is 21.2. The Morgan fingerprint density at radius 2 is 1.33 bits per heavy atom. The van der Waals surface area contributed by atoms with Crippen molar-refractivity contribution in [3.8, 4) is 11.3 Å². The van der Waals surface area contributed by atoms with Gasteiger partial charge in [-0.25, -0.2) is 16.8 Å². The molecule has 0 N–H and O–H groups in total. The van der Waals surface area contributed by atoms with Gasteiger partial charge in [0.25, 0.3) is 0 Å². The van der Waals surface area contributed by atoms with E-state index in [1.807, 2.05) is 17.8 Å². The summed E-state index contributed by atoms with van der Waals surface area (Å²) in [6, 6.07) is 38.9. The average Bonchev–Trinajstić information content (AvgIpc) is 3.52. The molecule has 1 aromatic heterocycles. The lowest BCUT2D eigenvalue weighted by Crippen LogP contribution is -2.24. The number of aromatic nitrogens is 3. The van der Waals surface area contributed by atoms with Gasteiger partial charge < -0.3 is 0 Å². The minimum Gasteiger partial charge on any atom is -0.242 e. The first-order chi connectivity index (χ1) is 17.4. The lowest BCUT2D eigenvalue weighted by molar-refractivity contribution is 0.507. The molecule has 5 rings (SSSR count). The predicted molar refractivity (Wildman–Crippen MR) is 156 cm³/mol. The fraction of sp³-hybridized carbons (Fsp3) is 0.194. The van der Waals surface area contributed by atoms with Crippen LogP contribution in [0.1, 0.15) is 39.3 Å². The maximum absolute atomic E-state index is 4.73. The first kappa shape index (κ1) is 24.6. The Labute approximate surface area is 219 Å². The van der Waals surface area contributed by atoms with Gasteiger partial charge >= 0.3 is 0 Å². The average molecular weight is 509 g/mol. The van der Waals surface area contributed by atoms with Crippen LogP contribution in [0, 0.1) is 0 Å². The topological polar surface area (TPSA) is 30.7 Å². The summed E-state index contributed by atoms with van der Waals surface area (Å²) >= 11 is 1.83. The molecule has 0 fully saturated rings. The van der Waals surface area contributed by atoms with Crippen molar-refractivity contribution in [3.63, 3.8) is 0 Å². The van der Waals surface area contributed by atoms with Gasteiger partial charge in [0.1, 0.15) is 10.7 Å². The van der Waals surface area contributed by atoms with Gasteiger partial charge in [0.2, 0.25) is 0 Å². The van der Waals surface area contributed by atoms with Crippen molar-refractivity contribution in [1.29, 1.82) is 0 Å². The minimum absolute atomic E-state index is 0.0261. The van der Waals surface area contributed by atoms with Crippen LogP contribution in [0.2, 0.25) is 0 Å². The van der Waals surface area contributed by atoms with Crippen molar-refractivity contribution in [3.05, 3.63) is 115 Å². The second kappa shape index (κ2) is 10.5. The van der Waals surface area contributed by atoms with E-state index in [0.29, 0.717) is 0 Å². The quantitative estimate of drug-likeness (QED) is 0.136. The molecule has 0 radical (unpaired) electrons. The van der Waals surface area contributed by atoms with E-state index in [4.69, 9.17) is 5.21 Å². The van der Waals surface area contributed by atoms with Crippen LogP contribution in [0.5, 0.6) is 0 Å². The van der Waals surface area contributed by atoms with Crippen LogP contribution in [-0.2, 0) is 0 Å². The lowest BCUT2D eigenvalue weighted by Gasteiger charge is -2.28. The number of benzene rings is 3. The molecule has 0 aliphatic carbocycles. The molecular weight excluding hydrogens is 477 g/mol. The smallest absolute Gasteiger partial charge is 0.126 e. The summed E-state index contributed by atoms with van der Waals surface area (Å²) in [6.07, 6.45) is 0. The molecule has 182 valence electrons. The molecule has 4 aromatic carbocycles. The summed E-state index contributed by atoms with van der Waals surface area (Å²) in [5.74, 6) is 0. The minimum atomic E-state index is -0.694. The molecule has 0 aliphatic heterocycles. The first-order valence-corrected chi connectivity index (χ1v) is 14.4. The molecule has 0 amide bonds. The lowest BCUT2D eigenvalue weighted by atomic mass is 10.1. The normalized spacial score (nSPS) is 12.7. The van der Waals surface area contributed by atoms with E-state index in [0.717, 1.165) is 16.3 Å². The summed E-state index contributed by atoms with van der Waals surface area (Å²) in [5, 5.41) is 14.6. The van der Waals surface area contributed by atoms with E-state index < -0.39 is 7.92 Å². The SMILES string of the molecule is C[C@H]([c-]1cccc1P(c1ccccc1)c1ccccc1)n1nnc(-c2ccccc2)c1SC(C)(C)C. The fourth-order valence-corrected chi connectivity index (χ4v) is 8.07. The fourth-order valence-electron chi connectivity index (χ4n) is 4.40. The molecular formula is C31H31N3PS-. The Morgan fingerprint density at radius 3 is 1.89 bits per heavy atom. The molecule has 0 saturated carbocycles. The largest absolute Gasteiger partial charge is 0.242 e. The molecule has 0 spiro atoms. The Bertz CT molecular complexity index is 1360. The van der Waals surface area contributed by atoms with E-state index in [1.54, 1.807) is 0 Å². The van der Waals surface area contributed by atoms with Gasteiger partial charge in [0.05, 0.1) is 0 Å². The van der Waals surface area contributed by atoms with Crippen molar-refractivity contribution >= 4 is 35.6 Å². The maximum Gasteiger partial charge on any atom is 0.126 e. The Kier molecular flexibility index (Phi) is 7.18. The Hall–Kier alpha value is -3.07. The third-order valence-electron chi connectivity index (χ3n) is 6.01. The summed E-state index contributed by atoms with van der Waals surface area (Å²) in [7, 11) is -0.694. The van der Waals surface area contributed by atoms with Crippen LogP contribution in [-0.4, -0.2) is 19.7 Å². The van der Waals surface area contributed by atoms with E-state index in [-0.39, 0.29) is 10.8 Å². The van der Waals surface area contributed by atoms with Gasteiger partial charge in [-0.3, -0.25) is 0 Å². The van der Waals surface area contributed by atoms with Gasteiger partial charge in [-0.15, -0.1) is 16.0 Å². The molecule has 0 aliphatic rings. The molecule has 36 heavy (non-hydrogen) atoms. The number of hydrogen-bond acceptors (Lipinski definition) is 3. The summed E-state index contributed by atoms with van der Waals surface area (Å²) in [4.78, 5) is 0. The van der Waals surface area contributed by atoms with Gasteiger partial charge in [-0.05, 0) is 25.5 Å². The van der Waals surface area contributed by atoms with Crippen molar-refractivity contribution in [2.75, 3.05) is 0 Å². The summed E-state index contributed by atoms with van der Waals surface area (Å²) in [6.45, 7) is 8.98. The summed E-state index contributed by atoms with van der Waals surface area (Å²) < 4.78 is 2.15. The Balaban J connectivity index is 1.62. The number of rotatable bonds is 7. The van der Waals surface area contributed by atoms with Crippen LogP contribution in [0.4, 0.5) is 0 Å². The van der Waals surface area contributed by atoms with Crippen molar-refractivity contribution in [2.24, 2.45) is 0 Å². The molecule has 0 bridgehead atoms. The Morgan fingerprint density at radius 1 is 0.778 bits per heavy atom. The molecule has 1 atom stereocenters. The molecule has 1 heterocycles. The van der Waals surface area contributed by atoms with E-state index in [9.17, 15) is 0 Å². The second-order valence-corrected chi connectivity index (χ2v) is 13.8. The van der Waals surface area contributed by atoms with Gasteiger partial charge in [-0.1, -0.05) is 129 Å². The maximum atomic E-state index is 4.73. The molecule has 3 nitrogen and oxygen atoms in total. The molecule has 0 saturated heterocycles. The molecule has 5 heteroatoms. The monoisotopic (exact) mass is 508 g/mol. The molecule has 0 unspecified atom stereocenters. The first-order valence-electron chi connectivity index (χ1n) is 12.3. The number of hydrogen-bond donors (Lipinski definition) is 0. The van der Waals surface area contributed by atoms with Crippen LogP contribution in [0.15, 0.2) is 114 Å². The van der Waals surface area contributed by atoms with Crippen LogP contribution >= 0.6 is 19.7 Å². The van der Waals surface area contributed by atoms with Crippen LogP contribution in [0.25, 0.3) is 11.3 Å². The van der Waals surface area contributed by atoms with Gasteiger partial charge in [0, 0.05) is 16.4 Å². The zero-order chi connectivity index (χ0) is 25.1. The summed E-state index contributed by atoms with van der Waals surface area (Å²) in [5.41, 5.74) is 3.35.